The van der Waals surface area contributed by atoms with Gasteiger partial charge in [0, 0.05) is 26.2 Å². The zero-order valence-corrected chi connectivity index (χ0v) is 8.68. The summed E-state index contributed by atoms with van der Waals surface area (Å²) in [5.41, 5.74) is 0. The Morgan fingerprint density at radius 2 is 2.00 bits per heavy atom. The first kappa shape index (κ1) is 12.7. The highest BCUT2D eigenvalue weighted by atomic mass is 35.5. The lowest BCUT2D eigenvalue weighted by molar-refractivity contribution is -0.134. The maximum absolute atomic E-state index is 9.24. The number of hydrogen-bond donors (Lipinski definition) is 2. The number of piperazine rings is 1. The molecule has 0 aliphatic carbocycles. The Kier molecular flexibility index (Phi) is 8.08. The van der Waals surface area contributed by atoms with Crippen molar-refractivity contribution in [2.75, 3.05) is 38.6 Å². The van der Waals surface area contributed by atoms with Crippen molar-refractivity contribution in [3.63, 3.8) is 0 Å². The number of carboxylic acids is 1. The number of aliphatic carboxylic acids is 1. The highest BCUT2D eigenvalue weighted by molar-refractivity contribution is 6.26. The first-order valence-electron chi connectivity index (χ1n) is 4.41. The molecule has 4 nitrogen and oxygen atoms in total. The summed E-state index contributed by atoms with van der Waals surface area (Å²) in [5.74, 6) is -1.29. The van der Waals surface area contributed by atoms with Crippen LogP contribution in [0.4, 0.5) is 0 Å². The Hall–Kier alpha value is -0.320. The summed E-state index contributed by atoms with van der Waals surface area (Å²) in [6, 6.07) is 0. The number of alkyl halides is 1. The summed E-state index contributed by atoms with van der Waals surface area (Å²) in [6.07, 6.45) is 0. The summed E-state index contributed by atoms with van der Waals surface area (Å²) in [4.78, 5) is 11.7. The van der Waals surface area contributed by atoms with E-state index >= 15 is 0 Å². The zero-order chi connectivity index (χ0) is 10.1. The van der Waals surface area contributed by atoms with Crippen molar-refractivity contribution >= 4 is 17.6 Å². The summed E-state index contributed by atoms with van der Waals surface area (Å²) in [7, 11) is 0. The number of nitrogens with one attached hydrogen (secondary N) is 1. The SMILES string of the molecule is CCN1CCNCC1.O=C(O)CCl. The standard InChI is InChI=1S/C6H14N2.C2H3ClO2/c1-2-8-5-3-7-4-6-8;3-1-2(4)5/h7H,2-6H2,1H3;1H2,(H,4,5). The van der Waals surface area contributed by atoms with E-state index in [9.17, 15) is 4.79 Å². The summed E-state index contributed by atoms with van der Waals surface area (Å²) in [6.45, 7) is 8.24. The van der Waals surface area contributed by atoms with Crippen LogP contribution in [0.5, 0.6) is 0 Å². The van der Waals surface area contributed by atoms with Gasteiger partial charge < -0.3 is 15.3 Å². The highest BCUT2D eigenvalue weighted by Crippen LogP contribution is 1.88. The molecule has 0 aromatic carbocycles. The van der Waals surface area contributed by atoms with Crippen LogP contribution in [-0.4, -0.2) is 54.6 Å². The number of likely N-dealkylation sites (N-methyl/N-ethyl adjacent to an activating group) is 1. The second kappa shape index (κ2) is 8.29. The third-order valence-electron chi connectivity index (χ3n) is 1.77. The Morgan fingerprint density at radius 3 is 2.23 bits per heavy atom. The van der Waals surface area contributed by atoms with Crippen molar-refractivity contribution in [1.82, 2.24) is 10.2 Å². The second-order valence-electron chi connectivity index (χ2n) is 2.71. The van der Waals surface area contributed by atoms with E-state index in [0.29, 0.717) is 0 Å². The van der Waals surface area contributed by atoms with Crippen LogP contribution in [-0.2, 0) is 4.79 Å². The molecule has 0 aromatic rings. The molecule has 5 heteroatoms. The molecule has 0 atom stereocenters. The monoisotopic (exact) mass is 208 g/mol. The van der Waals surface area contributed by atoms with Gasteiger partial charge in [0.1, 0.15) is 5.88 Å². The van der Waals surface area contributed by atoms with Crippen LogP contribution < -0.4 is 5.32 Å². The van der Waals surface area contributed by atoms with Gasteiger partial charge in [0.15, 0.2) is 0 Å². The number of hydrogen-bond acceptors (Lipinski definition) is 3. The van der Waals surface area contributed by atoms with E-state index < -0.39 is 5.97 Å². The van der Waals surface area contributed by atoms with Crippen molar-refractivity contribution < 1.29 is 9.90 Å². The van der Waals surface area contributed by atoms with Crippen molar-refractivity contribution in [3.8, 4) is 0 Å². The van der Waals surface area contributed by atoms with Crippen molar-refractivity contribution in [2.24, 2.45) is 0 Å². The predicted molar refractivity (Wildman–Crippen MR) is 53.3 cm³/mol. The molecule has 0 amide bonds. The van der Waals surface area contributed by atoms with E-state index in [4.69, 9.17) is 16.7 Å². The van der Waals surface area contributed by atoms with Crippen LogP contribution in [0.15, 0.2) is 0 Å². The smallest absolute Gasteiger partial charge is 0.318 e. The number of carbonyl (C=O) groups is 1. The molecule has 0 aromatic heterocycles. The van der Waals surface area contributed by atoms with E-state index in [1.807, 2.05) is 0 Å². The molecule has 1 aliphatic rings. The van der Waals surface area contributed by atoms with Crippen LogP contribution in [0.1, 0.15) is 6.92 Å². The average molecular weight is 209 g/mol. The Balaban J connectivity index is 0.000000252. The maximum Gasteiger partial charge on any atom is 0.318 e. The molecule has 1 aliphatic heterocycles. The quantitative estimate of drug-likeness (QED) is 0.638. The molecule has 1 fully saturated rings. The third kappa shape index (κ3) is 8.02. The lowest BCUT2D eigenvalue weighted by atomic mass is 10.4. The van der Waals surface area contributed by atoms with Crippen LogP contribution in [0.3, 0.4) is 0 Å². The number of rotatable bonds is 2. The summed E-state index contributed by atoms with van der Waals surface area (Å²) in [5, 5.41) is 10.9. The van der Waals surface area contributed by atoms with Gasteiger partial charge in [-0.3, -0.25) is 4.79 Å². The van der Waals surface area contributed by atoms with Gasteiger partial charge in [-0.25, -0.2) is 0 Å². The Labute approximate surface area is 83.9 Å². The van der Waals surface area contributed by atoms with Gasteiger partial charge in [-0.1, -0.05) is 6.92 Å². The molecule has 13 heavy (non-hydrogen) atoms. The molecule has 1 saturated heterocycles. The van der Waals surface area contributed by atoms with E-state index in [1.54, 1.807) is 0 Å². The van der Waals surface area contributed by atoms with Gasteiger partial charge in [0.25, 0.3) is 0 Å². The minimum Gasteiger partial charge on any atom is -0.480 e. The molecule has 0 radical (unpaired) electrons. The average Bonchev–Trinajstić information content (AvgIpc) is 2.20. The van der Waals surface area contributed by atoms with Gasteiger partial charge in [0.2, 0.25) is 0 Å². The summed E-state index contributed by atoms with van der Waals surface area (Å²) >= 11 is 4.74. The minimum absolute atomic E-state index is 0.306. The van der Waals surface area contributed by atoms with Crippen molar-refractivity contribution in [2.45, 2.75) is 6.92 Å². The van der Waals surface area contributed by atoms with E-state index in [-0.39, 0.29) is 5.88 Å². The first-order valence-corrected chi connectivity index (χ1v) is 4.95. The molecular weight excluding hydrogens is 192 g/mol. The third-order valence-corrected chi connectivity index (χ3v) is 2.00. The van der Waals surface area contributed by atoms with Gasteiger partial charge >= 0.3 is 5.97 Å². The van der Waals surface area contributed by atoms with E-state index in [0.717, 1.165) is 0 Å². The van der Waals surface area contributed by atoms with E-state index in [2.05, 4.69) is 17.1 Å². The molecule has 2 N–H and O–H groups in total. The molecule has 1 heterocycles. The molecule has 0 saturated carbocycles. The van der Waals surface area contributed by atoms with Crippen LogP contribution in [0, 0.1) is 0 Å². The van der Waals surface area contributed by atoms with Crippen molar-refractivity contribution in [1.29, 1.82) is 0 Å². The maximum atomic E-state index is 9.24. The van der Waals surface area contributed by atoms with E-state index in [1.165, 1.54) is 32.7 Å². The fraction of sp³-hybridized carbons (Fsp3) is 0.875. The molecule has 0 spiro atoms. The Morgan fingerprint density at radius 1 is 1.54 bits per heavy atom. The van der Waals surface area contributed by atoms with Gasteiger partial charge in [-0.15, -0.1) is 11.6 Å². The minimum atomic E-state index is -0.980. The molecule has 0 unspecified atom stereocenters. The van der Waals surface area contributed by atoms with Gasteiger partial charge in [-0.2, -0.15) is 0 Å². The number of halogens is 1. The highest BCUT2D eigenvalue weighted by Gasteiger charge is 2.04. The van der Waals surface area contributed by atoms with Gasteiger partial charge in [0.05, 0.1) is 0 Å². The summed E-state index contributed by atoms with van der Waals surface area (Å²) < 4.78 is 0. The van der Waals surface area contributed by atoms with Gasteiger partial charge in [-0.05, 0) is 6.54 Å². The second-order valence-corrected chi connectivity index (χ2v) is 2.98. The van der Waals surface area contributed by atoms with Crippen LogP contribution in [0.25, 0.3) is 0 Å². The van der Waals surface area contributed by atoms with Crippen LogP contribution >= 0.6 is 11.6 Å². The zero-order valence-electron chi connectivity index (χ0n) is 7.92. The fourth-order valence-electron chi connectivity index (χ4n) is 1.03. The molecule has 0 bridgehead atoms. The fourth-order valence-corrected chi connectivity index (χ4v) is 1.03. The number of carboxylic acid groups (broad SMARTS) is 1. The van der Waals surface area contributed by atoms with Crippen LogP contribution in [0.2, 0.25) is 0 Å². The van der Waals surface area contributed by atoms with Crippen molar-refractivity contribution in [3.05, 3.63) is 0 Å². The lowest BCUT2D eigenvalue weighted by Crippen LogP contribution is -2.43. The Bertz CT molecular complexity index is 138. The largest absolute Gasteiger partial charge is 0.480 e. The molecular formula is C8H17ClN2O2. The number of nitrogens with zero attached hydrogens (tertiary/aromatic N) is 1. The topological polar surface area (TPSA) is 52.6 Å². The first-order chi connectivity index (χ1) is 6.20. The molecule has 1 rings (SSSR count). The predicted octanol–water partition coefficient (Wildman–Crippen LogP) is 0.221. The normalized spacial score (nSPS) is 17.4. The molecule has 78 valence electrons. The lowest BCUT2D eigenvalue weighted by Gasteiger charge is -2.25.